The lowest BCUT2D eigenvalue weighted by molar-refractivity contribution is -0.141. The van der Waals surface area contributed by atoms with Crippen LogP contribution in [0.3, 0.4) is 0 Å². The maximum Gasteiger partial charge on any atom is 0.420 e. The number of carbonyl (C=O) groups is 1. The zero-order valence-electron chi connectivity index (χ0n) is 12.6. The number of methoxy groups -OCH3 is 2. The summed E-state index contributed by atoms with van der Waals surface area (Å²) in [7, 11) is -1.09. The van der Waals surface area contributed by atoms with Gasteiger partial charge in [0.15, 0.2) is 5.58 Å². The van der Waals surface area contributed by atoms with Crippen LogP contribution >= 0.6 is 0 Å². The molecule has 23 heavy (non-hydrogen) atoms. The van der Waals surface area contributed by atoms with Crippen molar-refractivity contribution < 1.29 is 27.1 Å². The van der Waals surface area contributed by atoms with Crippen molar-refractivity contribution in [3.05, 3.63) is 28.7 Å². The van der Waals surface area contributed by atoms with Gasteiger partial charge in [-0.15, -0.1) is 0 Å². The van der Waals surface area contributed by atoms with E-state index in [1.54, 1.807) is 0 Å². The molecule has 0 saturated heterocycles. The van der Waals surface area contributed by atoms with E-state index >= 15 is 0 Å². The minimum absolute atomic E-state index is 0.0555. The summed E-state index contributed by atoms with van der Waals surface area (Å²) in [5, 5.41) is 0. The van der Waals surface area contributed by atoms with E-state index in [9.17, 15) is 18.0 Å². The number of rotatable bonds is 7. The Balaban J connectivity index is 2.37. The molecule has 10 heteroatoms. The topological polar surface area (TPSA) is 117 Å². The van der Waals surface area contributed by atoms with Gasteiger partial charge in [-0.1, -0.05) is 0 Å². The van der Waals surface area contributed by atoms with Crippen LogP contribution in [0.25, 0.3) is 11.1 Å². The van der Waals surface area contributed by atoms with Crippen molar-refractivity contribution in [2.24, 2.45) is 0 Å². The van der Waals surface area contributed by atoms with Gasteiger partial charge in [-0.3, -0.25) is 9.36 Å². The van der Waals surface area contributed by atoms with Gasteiger partial charge < -0.3 is 13.9 Å². The smallest absolute Gasteiger partial charge is 0.420 e. The zero-order chi connectivity index (χ0) is 17.0. The van der Waals surface area contributed by atoms with Crippen molar-refractivity contribution >= 4 is 27.1 Å². The molecule has 0 unspecified atom stereocenters. The first-order chi connectivity index (χ1) is 10.9. The van der Waals surface area contributed by atoms with Gasteiger partial charge in [0.2, 0.25) is 10.0 Å². The van der Waals surface area contributed by atoms with Crippen molar-refractivity contribution in [3.63, 3.8) is 0 Å². The normalized spacial score (nSPS) is 11.7. The Morgan fingerprint density at radius 1 is 1.35 bits per heavy atom. The molecule has 2 aromatic rings. The van der Waals surface area contributed by atoms with Crippen LogP contribution in [0, 0.1) is 0 Å². The molecule has 1 heterocycles. The number of ether oxygens (including phenoxy) is 2. The van der Waals surface area contributed by atoms with Crippen molar-refractivity contribution in [1.82, 2.24) is 9.29 Å². The maximum absolute atomic E-state index is 12.1. The number of fused-ring (bicyclic) bond motifs is 1. The molecule has 0 amide bonds. The van der Waals surface area contributed by atoms with E-state index in [4.69, 9.17) is 9.15 Å². The molecule has 1 aromatic heterocycles. The van der Waals surface area contributed by atoms with Crippen molar-refractivity contribution in [2.75, 3.05) is 27.4 Å². The second kappa shape index (κ2) is 6.94. The van der Waals surface area contributed by atoms with Gasteiger partial charge >= 0.3 is 11.7 Å². The third-order valence-electron chi connectivity index (χ3n) is 3.06. The summed E-state index contributed by atoms with van der Waals surface area (Å²) in [6.07, 6.45) is 0. The van der Waals surface area contributed by atoms with Gasteiger partial charge in [0.1, 0.15) is 6.54 Å². The van der Waals surface area contributed by atoms with E-state index in [0.717, 1.165) is 4.57 Å². The summed E-state index contributed by atoms with van der Waals surface area (Å²) in [4.78, 5) is 23.0. The van der Waals surface area contributed by atoms with Crippen LogP contribution in [0.1, 0.15) is 0 Å². The summed E-state index contributed by atoms with van der Waals surface area (Å²) >= 11 is 0. The lowest BCUT2D eigenvalue weighted by Gasteiger charge is -2.06. The maximum atomic E-state index is 12.1. The molecule has 0 aliphatic rings. The quantitative estimate of drug-likeness (QED) is 0.541. The Morgan fingerprint density at radius 2 is 2.09 bits per heavy atom. The number of nitrogens with one attached hydrogen (secondary N) is 1. The second-order valence-corrected chi connectivity index (χ2v) is 6.32. The van der Waals surface area contributed by atoms with Crippen LogP contribution < -0.4 is 10.5 Å². The van der Waals surface area contributed by atoms with E-state index in [0.29, 0.717) is 5.52 Å². The third-order valence-corrected chi connectivity index (χ3v) is 4.52. The Hall–Kier alpha value is -2.17. The minimum Gasteiger partial charge on any atom is -0.468 e. The number of nitrogens with zero attached hydrogens (tertiary/aromatic N) is 1. The molecule has 0 spiro atoms. The standard InChI is InChI=1S/C13H16N2O7S/c1-20-6-5-14-23(18,19)9-3-4-10-11(7-9)22-13(17)15(10)8-12(16)21-2/h3-4,7,14H,5-6,8H2,1-2H3. The number of hydrogen-bond acceptors (Lipinski definition) is 7. The van der Waals surface area contributed by atoms with E-state index in [2.05, 4.69) is 9.46 Å². The van der Waals surface area contributed by atoms with Crippen molar-refractivity contribution in [2.45, 2.75) is 11.4 Å². The van der Waals surface area contributed by atoms with E-state index in [-0.39, 0.29) is 30.2 Å². The Bertz CT molecular complexity index is 866. The van der Waals surface area contributed by atoms with E-state index in [1.807, 2.05) is 0 Å². The highest BCUT2D eigenvalue weighted by atomic mass is 32.2. The predicted octanol–water partition coefficient (Wildman–Crippen LogP) is -0.308. The van der Waals surface area contributed by atoms with Crippen LogP contribution in [-0.4, -0.2) is 46.3 Å². The third kappa shape index (κ3) is 3.78. The van der Waals surface area contributed by atoms with Gasteiger partial charge in [-0.05, 0) is 12.1 Å². The summed E-state index contributed by atoms with van der Waals surface area (Å²) in [6.45, 7) is 0.0246. The van der Waals surface area contributed by atoms with Crippen LogP contribution in [0.15, 0.2) is 32.3 Å². The Morgan fingerprint density at radius 3 is 2.74 bits per heavy atom. The zero-order valence-corrected chi connectivity index (χ0v) is 13.4. The van der Waals surface area contributed by atoms with Gasteiger partial charge in [0.25, 0.3) is 0 Å². The predicted molar refractivity (Wildman–Crippen MR) is 79.6 cm³/mol. The fourth-order valence-corrected chi connectivity index (χ4v) is 2.95. The number of esters is 1. The number of sulfonamides is 1. The minimum atomic E-state index is -3.75. The number of oxazole rings is 1. The average molecular weight is 344 g/mol. The largest absolute Gasteiger partial charge is 0.468 e. The van der Waals surface area contributed by atoms with Crippen LogP contribution in [0.2, 0.25) is 0 Å². The molecule has 126 valence electrons. The van der Waals surface area contributed by atoms with Crippen LogP contribution in [0.4, 0.5) is 0 Å². The molecule has 0 radical (unpaired) electrons. The monoisotopic (exact) mass is 344 g/mol. The lowest BCUT2D eigenvalue weighted by Crippen LogP contribution is -2.27. The number of aromatic nitrogens is 1. The highest BCUT2D eigenvalue weighted by Crippen LogP contribution is 2.18. The lowest BCUT2D eigenvalue weighted by atomic mass is 10.3. The molecule has 0 fully saturated rings. The molecule has 2 rings (SSSR count). The molecule has 1 N–H and O–H groups in total. The Labute approximate surface area is 131 Å². The first kappa shape index (κ1) is 17.2. The molecule has 1 aromatic carbocycles. The van der Waals surface area contributed by atoms with Gasteiger partial charge in [0, 0.05) is 19.7 Å². The Kier molecular flexibility index (Phi) is 5.19. The number of hydrogen-bond donors (Lipinski definition) is 1. The van der Waals surface area contributed by atoms with Crippen molar-refractivity contribution in [1.29, 1.82) is 0 Å². The van der Waals surface area contributed by atoms with Crippen LogP contribution in [0.5, 0.6) is 0 Å². The molecule has 0 atom stereocenters. The summed E-state index contributed by atoms with van der Waals surface area (Å²) in [6, 6.07) is 3.94. The molecule has 9 nitrogen and oxygen atoms in total. The highest BCUT2D eigenvalue weighted by Gasteiger charge is 2.18. The van der Waals surface area contributed by atoms with Crippen LogP contribution in [-0.2, 0) is 30.8 Å². The summed E-state index contributed by atoms with van der Waals surface area (Å²) in [5.74, 6) is -1.39. The number of benzene rings is 1. The molecular weight excluding hydrogens is 328 g/mol. The molecule has 0 aliphatic heterocycles. The number of carbonyl (C=O) groups excluding carboxylic acids is 1. The van der Waals surface area contributed by atoms with E-state index < -0.39 is 21.7 Å². The first-order valence-electron chi connectivity index (χ1n) is 6.58. The fourth-order valence-electron chi connectivity index (χ4n) is 1.92. The molecule has 0 bridgehead atoms. The SMILES string of the molecule is COCCNS(=O)(=O)c1ccc2c(c1)oc(=O)n2CC(=O)OC. The van der Waals surface area contributed by atoms with Gasteiger partial charge in [-0.25, -0.2) is 17.9 Å². The molecular formula is C13H16N2O7S. The summed E-state index contributed by atoms with van der Waals surface area (Å²) in [5.41, 5.74) is 0.366. The first-order valence-corrected chi connectivity index (χ1v) is 8.06. The van der Waals surface area contributed by atoms with E-state index in [1.165, 1.54) is 32.4 Å². The summed E-state index contributed by atoms with van der Waals surface area (Å²) < 4.78 is 41.9. The highest BCUT2D eigenvalue weighted by molar-refractivity contribution is 7.89. The average Bonchev–Trinajstić information content (AvgIpc) is 2.82. The molecule has 0 saturated carbocycles. The van der Waals surface area contributed by atoms with Crippen molar-refractivity contribution in [3.8, 4) is 0 Å². The van der Waals surface area contributed by atoms with Gasteiger partial charge in [-0.2, -0.15) is 0 Å². The second-order valence-electron chi connectivity index (χ2n) is 4.55. The molecule has 0 aliphatic carbocycles. The fraction of sp³-hybridized carbons (Fsp3) is 0.385. The van der Waals surface area contributed by atoms with Gasteiger partial charge in [0.05, 0.1) is 24.1 Å².